The molecule has 0 radical (unpaired) electrons. The van der Waals surface area contributed by atoms with E-state index in [1.807, 2.05) is 0 Å². The van der Waals surface area contributed by atoms with Gasteiger partial charge in [-0.1, -0.05) is 71.1 Å². The van der Waals surface area contributed by atoms with E-state index in [2.05, 4.69) is 15.5 Å². The molecule has 10 heteroatoms. The highest BCUT2D eigenvalue weighted by atomic mass is 31.3. The highest BCUT2D eigenvalue weighted by Gasteiger charge is 2.19. The van der Waals surface area contributed by atoms with Crippen molar-refractivity contribution >= 4 is 25.8 Å². The topological polar surface area (TPSA) is 109 Å². The third-order valence-corrected chi connectivity index (χ3v) is 5.90. The standard InChI is InChI=1S/C13H31O7P3/c1-2-3-4-5-6-7-8-9-10-11-12-13-18-22(16)20-23(17)19-21(14)15/h14-17H,2-13H2,1H3. The van der Waals surface area contributed by atoms with E-state index in [0.29, 0.717) is 6.61 Å². The number of hydrogen-bond acceptors (Lipinski definition) is 7. The van der Waals surface area contributed by atoms with Gasteiger partial charge in [0.05, 0.1) is 6.61 Å². The van der Waals surface area contributed by atoms with Crippen LogP contribution in [0.2, 0.25) is 0 Å². The third kappa shape index (κ3) is 19.2. The normalized spacial score (nSPS) is 14.3. The molecule has 2 atom stereocenters. The molecule has 0 aromatic rings. The van der Waals surface area contributed by atoms with Gasteiger partial charge < -0.3 is 24.1 Å². The van der Waals surface area contributed by atoms with E-state index >= 15 is 0 Å². The molecule has 0 bridgehead atoms. The molecule has 0 aliphatic rings. The Labute approximate surface area is 143 Å². The van der Waals surface area contributed by atoms with Crippen molar-refractivity contribution in [3.05, 3.63) is 0 Å². The maximum absolute atomic E-state index is 9.33. The number of hydrogen-bond donors (Lipinski definition) is 4. The van der Waals surface area contributed by atoms with Gasteiger partial charge in [0, 0.05) is 0 Å². The maximum atomic E-state index is 9.33. The summed E-state index contributed by atoms with van der Waals surface area (Å²) in [5.41, 5.74) is 0. The average molecular weight is 392 g/mol. The van der Waals surface area contributed by atoms with Crippen molar-refractivity contribution in [3.63, 3.8) is 0 Å². The summed E-state index contributed by atoms with van der Waals surface area (Å²) in [5.74, 6) is 0. The van der Waals surface area contributed by atoms with Gasteiger partial charge in [0.15, 0.2) is 0 Å². The van der Waals surface area contributed by atoms with Crippen LogP contribution in [0.25, 0.3) is 0 Å². The smallest absolute Gasteiger partial charge is 0.328 e. The van der Waals surface area contributed by atoms with Gasteiger partial charge in [-0.2, -0.15) is 0 Å². The molecule has 0 spiro atoms. The summed E-state index contributed by atoms with van der Waals surface area (Å²) >= 11 is 0. The van der Waals surface area contributed by atoms with Gasteiger partial charge in [-0.25, -0.2) is 8.62 Å². The number of unbranched alkanes of at least 4 members (excludes halogenated alkanes) is 10. The largest absolute Gasteiger partial charge is 0.344 e. The Bertz CT molecular complexity index is 250. The minimum atomic E-state index is -2.70. The van der Waals surface area contributed by atoms with Crippen molar-refractivity contribution < 1.29 is 32.7 Å². The first-order valence-corrected chi connectivity index (χ1v) is 11.6. The second kappa shape index (κ2) is 17.8. The van der Waals surface area contributed by atoms with E-state index in [-0.39, 0.29) is 0 Å². The van der Waals surface area contributed by atoms with E-state index in [9.17, 15) is 4.89 Å². The van der Waals surface area contributed by atoms with Crippen LogP contribution in [-0.4, -0.2) is 26.2 Å². The molecule has 0 heterocycles. The van der Waals surface area contributed by atoms with Gasteiger partial charge in [0.2, 0.25) is 0 Å². The predicted molar refractivity (Wildman–Crippen MR) is 94.2 cm³/mol. The average Bonchev–Trinajstić information content (AvgIpc) is 2.47. The van der Waals surface area contributed by atoms with E-state index in [4.69, 9.17) is 19.2 Å². The fourth-order valence-corrected chi connectivity index (χ4v) is 3.91. The molecule has 0 aliphatic heterocycles. The molecule has 0 rings (SSSR count). The lowest BCUT2D eigenvalue weighted by Gasteiger charge is -2.13. The van der Waals surface area contributed by atoms with Crippen molar-refractivity contribution in [1.29, 1.82) is 0 Å². The SMILES string of the molecule is CCCCCCCCCCCCCOP(O)OP(O)OP(O)O. The van der Waals surface area contributed by atoms with Crippen LogP contribution in [0.1, 0.15) is 77.6 Å². The van der Waals surface area contributed by atoms with E-state index in [1.54, 1.807) is 0 Å². The lowest BCUT2D eigenvalue weighted by Crippen LogP contribution is -1.92. The molecule has 0 aromatic carbocycles. The third-order valence-electron chi connectivity index (χ3n) is 3.23. The summed E-state index contributed by atoms with van der Waals surface area (Å²) in [6.45, 7) is 2.57. The summed E-state index contributed by atoms with van der Waals surface area (Å²) in [7, 11) is -7.47. The molecule has 0 aliphatic carbocycles. The highest BCUT2D eigenvalue weighted by molar-refractivity contribution is 7.60. The van der Waals surface area contributed by atoms with Crippen LogP contribution >= 0.6 is 25.8 Å². The van der Waals surface area contributed by atoms with Crippen molar-refractivity contribution in [2.75, 3.05) is 6.61 Å². The van der Waals surface area contributed by atoms with Gasteiger partial charge in [-0.05, 0) is 6.42 Å². The van der Waals surface area contributed by atoms with Gasteiger partial charge >= 0.3 is 25.8 Å². The van der Waals surface area contributed by atoms with Gasteiger partial charge in [0.25, 0.3) is 0 Å². The van der Waals surface area contributed by atoms with Crippen LogP contribution in [-0.2, 0) is 13.1 Å². The molecule has 0 saturated carbocycles. The van der Waals surface area contributed by atoms with Crippen LogP contribution < -0.4 is 0 Å². The molecule has 23 heavy (non-hydrogen) atoms. The second-order valence-corrected chi connectivity index (χ2v) is 8.28. The molecular weight excluding hydrogens is 361 g/mol. The summed E-state index contributed by atoms with van der Waals surface area (Å²) in [5, 5.41) is 0. The molecule has 140 valence electrons. The molecule has 4 N–H and O–H groups in total. The summed E-state index contributed by atoms with van der Waals surface area (Å²) in [6, 6.07) is 0. The van der Waals surface area contributed by atoms with Crippen LogP contribution in [0, 0.1) is 0 Å². The number of rotatable bonds is 17. The summed E-state index contributed by atoms with van der Waals surface area (Å²) in [4.78, 5) is 35.4. The van der Waals surface area contributed by atoms with Crippen molar-refractivity contribution in [2.24, 2.45) is 0 Å². The molecular formula is C13H31O7P3. The zero-order chi connectivity index (χ0) is 17.3. The van der Waals surface area contributed by atoms with Crippen LogP contribution in [0.3, 0.4) is 0 Å². The van der Waals surface area contributed by atoms with Crippen LogP contribution in [0.15, 0.2) is 0 Å². The lowest BCUT2D eigenvalue weighted by atomic mass is 10.1. The van der Waals surface area contributed by atoms with Crippen molar-refractivity contribution in [1.82, 2.24) is 0 Å². The first kappa shape index (κ1) is 24.0. The molecule has 0 fully saturated rings. The Morgan fingerprint density at radius 2 is 1.09 bits per heavy atom. The van der Waals surface area contributed by atoms with Gasteiger partial charge in [-0.3, -0.25) is 0 Å². The fraction of sp³-hybridized carbons (Fsp3) is 1.00. The molecule has 7 nitrogen and oxygen atoms in total. The molecule has 2 unspecified atom stereocenters. The highest BCUT2D eigenvalue weighted by Crippen LogP contribution is 2.55. The van der Waals surface area contributed by atoms with Crippen molar-refractivity contribution in [2.45, 2.75) is 77.6 Å². The van der Waals surface area contributed by atoms with E-state index < -0.39 is 25.8 Å². The quantitative estimate of drug-likeness (QED) is 0.204. The Hall–Kier alpha value is 1.01. The molecule has 0 aromatic heterocycles. The van der Waals surface area contributed by atoms with Gasteiger partial charge in [-0.15, -0.1) is 0 Å². The zero-order valence-electron chi connectivity index (χ0n) is 13.8. The maximum Gasteiger partial charge on any atom is 0.344 e. The van der Waals surface area contributed by atoms with Crippen LogP contribution in [0.4, 0.5) is 0 Å². The van der Waals surface area contributed by atoms with E-state index in [0.717, 1.165) is 19.3 Å². The second-order valence-electron chi connectivity index (χ2n) is 5.26. The summed E-state index contributed by atoms with van der Waals surface area (Å²) in [6.07, 6.45) is 13.5. The Morgan fingerprint density at radius 1 is 0.609 bits per heavy atom. The predicted octanol–water partition coefficient (Wildman–Crippen LogP) is 5.00. The minimum Gasteiger partial charge on any atom is -0.328 e. The van der Waals surface area contributed by atoms with Gasteiger partial charge in [0.1, 0.15) is 0 Å². The van der Waals surface area contributed by atoms with Crippen LogP contribution in [0.5, 0.6) is 0 Å². The fourth-order valence-electron chi connectivity index (χ4n) is 2.07. The Morgan fingerprint density at radius 3 is 1.57 bits per heavy atom. The van der Waals surface area contributed by atoms with Crippen molar-refractivity contribution in [3.8, 4) is 0 Å². The molecule has 0 amide bonds. The Balaban J connectivity index is 3.23. The Kier molecular flexibility index (Phi) is 18.6. The first-order valence-electron chi connectivity index (χ1n) is 8.21. The zero-order valence-corrected chi connectivity index (χ0v) is 16.5. The monoisotopic (exact) mass is 392 g/mol. The molecule has 0 saturated heterocycles. The van der Waals surface area contributed by atoms with E-state index in [1.165, 1.54) is 51.4 Å². The lowest BCUT2D eigenvalue weighted by molar-refractivity contribution is 0.240. The summed E-state index contributed by atoms with van der Waals surface area (Å²) < 4.78 is 13.7. The minimum absolute atomic E-state index is 0.343. The first-order chi connectivity index (χ1) is 11.1.